The maximum atomic E-state index is 12.3. The highest BCUT2D eigenvalue weighted by Gasteiger charge is 2.13. The molecule has 3 rings (SSSR count). The summed E-state index contributed by atoms with van der Waals surface area (Å²) in [5.74, 6) is 1.22. The Kier molecular flexibility index (Phi) is 9.50. The van der Waals surface area contributed by atoms with Gasteiger partial charge in [0.2, 0.25) is 5.89 Å². The molecule has 0 saturated heterocycles. The van der Waals surface area contributed by atoms with Gasteiger partial charge in [-0.3, -0.25) is 4.99 Å². The van der Waals surface area contributed by atoms with Gasteiger partial charge in [-0.25, -0.2) is 13.4 Å². The Labute approximate surface area is 200 Å². The van der Waals surface area contributed by atoms with E-state index in [9.17, 15) is 8.42 Å². The van der Waals surface area contributed by atoms with Crippen molar-refractivity contribution in [1.29, 1.82) is 0 Å². The van der Waals surface area contributed by atoms with E-state index in [-0.39, 0.29) is 29.7 Å². The van der Waals surface area contributed by atoms with E-state index in [4.69, 9.17) is 4.42 Å². The lowest BCUT2D eigenvalue weighted by atomic mass is 10.1. The van der Waals surface area contributed by atoms with Gasteiger partial charge in [0.15, 0.2) is 15.8 Å². The Hall–Kier alpha value is -2.40. The number of rotatable bonds is 8. The van der Waals surface area contributed by atoms with Crippen molar-refractivity contribution in [3.05, 3.63) is 72.1 Å². The van der Waals surface area contributed by atoms with Crippen LogP contribution in [0.3, 0.4) is 0 Å². The molecule has 0 radical (unpaired) electrons. The number of oxazole rings is 1. The Morgan fingerprint density at radius 2 is 1.77 bits per heavy atom. The van der Waals surface area contributed by atoms with Crippen LogP contribution in [0.1, 0.15) is 17.7 Å². The molecule has 0 atom stereocenters. The molecule has 0 unspecified atom stereocenters. The van der Waals surface area contributed by atoms with Crippen LogP contribution >= 0.6 is 24.0 Å². The van der Waals surface area contributed by atoms with Gasteiger partial charge in [0, 0.05) is 19.2 Å². The van der Waals surface area contributed by atoms with Crippen LogP contribution in [0, 0.1) is 6.92 Å². The number of halogens is 1. The van der Waals surface area contributed by atoms with E-state index >= 15 is 0 Å². The number of hydrogen-bond acceptors (Lipinski definition) is 5. The van der Waals surface area contributed by atoms with Crippen LogP contribution in [-0.2, 0) is 16.4 Å². The van der Waals surface area contributed by atoms with Gasteiger partial charge in [0.1, 0.15) is 6.26 Å². The van der Waals surface area contributed by atoms with Gasteiger partial charge in [-0.2, -0.15) is 0 Å². The topological polar surface area (TPSA) is 96.6 Å². The van der Waals surface area contributed by atoms with Crippen LogP contribution < -0.4 is 10.6 Å². The monoisotopic (exact) mass is 554 g/mol. The molecule has 2 aromatic carbocycles. The molecule has 0 saturated carbocycles. The number of benzene rings is 2. The van der Waals surface area contributed by atoms with Crippen molar-refractivity contribution in [1.82, 2.24) is 15.6 Å². The van der Waals surface area contributed by atoms with Gasteiger partial charge >= 0.3 is 0 Å². The molecule has 7 nitrogen and oxygen atoms in total. The van der Waals surface area contributed by atoms with Gasteiger partial charge in [-0.1, -0.05) is 35.9 Å². The summed E-state index contributed by atoms with van der Waals surface area (Å²) in [4.78, 5) is 8.99. The summed E-state index contributed by atoms with van der Waals surface area (Å²) in [6, 6.07) is 16.5. The van der Waals surface area contributed by atoms with E-state index in [1.54, 1.807) is 43.6 Å². The molecule has 0 aliphatic rings. The first-order valence-corrected chi connectivity index (χ1v) is 11.4. The highest BCUT2D eigenvalue weighted by Crippen LogP contribution is 2.19. The van der Waals surface area contributed by atoms with Crippen molar-refractivity contribution in [3.8, 4) is 11.5 Å². The number of nitrogens with zero attached hydrogens (tertiary/aromatic N) is 2. The fourth-order valence-corrected chi connectivity index (χ4v) is 4.16. The SMILES string of the molecule is CN=C(NCCCS(=O)(=O)c1ccccc1)NCc1coc(-c2ccc(C)cc2)n1.I. The molecule has 31 heavy (non-hydrogen) atoms. The van der Waals surface area contributed by atoms with Crippen molar-refractivity contribution in [2.24, 2.45) is 4.99 Å². The number of guanidine groups is 1. The summed E-state index contributed by atoms with van der Waals surface area (Å²) < 4.78 is 30.2. The molecule has 1 heterocycles. The predicted molar refractivity (Wildman–Crippen MR) is 133 cm³/mol. The van der Waals surface area contributed by atoms with Gasteiger partial charge in [-0.05, 0) is 37.6 Å². The molecule has 0 aliphatic heterocycles. The lowest BCUT2D eigenvalue weighted by molar-refractivity contribution is 0.572. The smallest absolute Gasteiger partial charge is 0.226 e. The number of hydrogen-bond donors (Lipinski definition) is 2. The third-order valence-corrected chi connectivity index (χ3v) is 6.31. The second-order valence-electron chi connectivity index (χ2n) is 6.85. The number of aryl methyl sites for hydroxylation is 1. The van der Waals surface area contributed by atoms with E-state index < -0.39 is 9.84 Å². The molecule has 0 amide bonds. The summed E-state index contributed by atoms with van der Waals surface area (Å²) >= 11 is 0. The van der Waals surface area contributed by atoms with Gasteiger partial charge in [-0.15, -0.1) is 24.0 Å². The van der Waals surface area contributed by atoms with Crippen molar-refractivity contribution < 1.29 is 12.8 Å². The Morgan fingerprint density at radius 3 is 2.45 bits per heavy atom. The number of aliphatic imine (C=N–C) groups is 1. The molecule has 0 fully saturated rings. The fraction of sp³-hybridized carbons (Fsp3) is 0.273. The Bertz CT molecular complexity index is 1080. The largest absolute Gasteiger partial charge is 0.444 e. The molecule has 3 aromatic rings. The molecule has 9 heteroatoms. The minimum Gasteiger partial charge on any atom is -0.444 e. The van der Waals surface area contributed by atoms with Crippen molar-refractivity contribution in [2.45, 2.75) is 24.8 Å². The van der Waals surface area contributed by atoms with Gasteiger partial charge < -0.3 is 15.1 Å². The molecule has 166 valence electrons. The zero-order chi connectivity index (χ0) is 21.4. The molecule has 0 aliphatic carbocycles. The maximum absolute atomic E-state index is 12.3. The van der Waals surface area contributed by atoms with Crippen molar-refractivity contribution >= 4 is 39.8 Å². The van der Waals surface area contributed by atoms with E-state index in [1.165, 1.54) is 5.56 Å². The summed E-state index contributed by atoms with van der Waals surface area (Å²) in [5.41, 5.74) is 2.85. The fourth-order valence-electron chi connectivity index (χ4n) is 2.83. The van der Waals surface area contributed by atoms with E-state index in [1.807, 2.05) is 31.2 Å². The standard InChI is InChI=1S/C22H26N4O3S.HI/c1-17-9-11-18(12-10-17)21-26-19(16-29-21)15-25-22(23-2)24-13-6-14-30(27,28)20-7-4-3-5-8-20;/h3-5,7-12,16H,6,13-15H2,1-2H3,(H2,23,24,25);1H. The molecule has 0 bridgehead atoms. The van der Waals surface area contributed by atoms with Crippen LogP contribution in [0.4, 0.5) is 0 Å². The first kappa shape index (κ1) is 24.9. The van der Waals surface area contributed by atoms with Crippen LogP contribution in [0.5, 0.6) is 0 Å². The summed E-state index contributed by atoms with van der Waals surface area (Å²) in [5, 5.41) is 6.28. The minimum atomic E-state index is -3.27. The second kappa shape index (κ2) is 11.8. The molecular weight excluding hydrogens is 527 g/mol. The summed E-state index contributed by atoms with van der Waals surface area (Å²) in [6.07, 6.45) is 2.08. The third-order valence-electron chi connectivity index (χ3n) is 4.50. The average Bonchev–Trinajstić information content (AvgIpc) is 3.23. The number of nitrogens with one attached hydrogen (secondary N) is 2. The van der Waals surface area contributed by atoms with E-state index in [2.05, 4.69) is 20.6 Å². The Morgan fingerprint density at radius 1 is 1.06 bits per heavy atom. The van der Waals surface area contributed by atoms with Crippen LogP contribution in [0.25, 0.3) is 11.5 Å². The lowest BCUT2D eigenvalue weighted by Gasteiger charge is -2.11. The quantitative estimate of drug-likeness (QED) is 0.190. The van der Waals surface area contributed by atoms with Gasteiger partial charge in [0.25, 0.3) is 0 Å². The summed E-state index contributed by atoms with van der Waals surface area (Å²) in [7, 11) is -1.61. The molecule has 2 N–H and O–H groups in total. The van der Waals surface area contributed by atoms with Crippen molar-refractivity contribution in [2.75, 3.05) is 19.3 Å². The molecule has 1 aromatic heterocycles. The highest BCUT2D eigenvalue weighted by atomic mass is 127. The Balaban J connectivity index is 0.00000341. The minimum absolute atomic E-state index is 0. The average molecular weight is 554 g/mol. The van der Waals surface area contributed by atoms with Crippen LogP contribution in [0.2, 0.25) is 0 Å². The zero-order valence-electron chi connectivity index (χ0n) is 17.5. The third kappa shape index (κ3) is 7.35. The number of sulfone groups is 1. The molecule has 0 spiro atoms. The summed E-state index contributed by atoms with van der Waals surface area (Å²) in [6.45, 7) is 2.96. The van der Waals surface area contributed by atoms with Crippen molar-refractivity contribution in [3.63, 3.8) is 0 Å². The highest BCUT2D eigenvalue weighted by molar-refractivity contribution is 14.0. The predicted octanol–water partition coefficient (Wildman–Crippen LogP) is 3.80. The van der Waals surface area contributed by atoms with E-state index in [0.29, 0.717) is 36.3 Å². The molecular formula is C22H27IN4O3S. The zero-order valence-corrected chi connectivity index (χ0v) is 20.7. The lowest BCUT2D eigenvalue weighted by Crippen LogP contribution is -2.37. The first-order valence-electron chi connectivity index (χ1n) is 9.72. The first-order chi connectivity index (χ1) is 14.5. The van der Waals surface area contributed by atoms with Crippen LogP contribution in [-0.4, -0.2) is 38.7 Å². The second-order valence-corrected chi connectivity index (χ2v) is 8.96. The van der Waals surface area contributed by atoms with Gasteiger partial charge in [0.05, 0.1) is 22.9 Å². The van der Waals surface area contributed by atoms with E-state index in [0.717, 1.165) is 11.3 Å². The maximum Gasteiger partial charge on any atom is 0.226 e. The number of aromatic nitrogens is 1. The van der Waals surface area contributed by atoms with Crippen LogP contribution in [0.15, 0.2) is 75.2 Å². The normalized spacial score (nSPS) is 11.6.